The van der Waals surface area contributed by atoms with Crippen LogP contribution < -0.4 is 5.32 Å². The molecule has 0 aliphatic carbocycles. The number of amides is 1. The van der Waals surface area contributed by atoms with Crippen molar-refractivity contribution in [2.75, 3.05) is 5.32 Å². The maximum atomic E-state index is 12.1. The van der Waals surface area contributed by atoms with E-state index in [-0.39, 0.29) is 11.3 Å². The van der Waals surface area contributed by atoms with E-state index >= 15 is 0 Å². The minimum atomic E-state index is -0.0568. The molecule has 0 saturated carbocycles. The fourth-order valence-corrected chi connectivity index (χ4v) is 2.82. The fourth-order valence-electron chi connectivity index (χ4n) is 1.91. The van der Waals surface area contributed by atoms with Crippen molar-refractivity contribution in [3.05, 3.63) is 28.3 Å². The third-order valence-corrected chi connectivity index (χ3v) is 4.27. The third kappa shape index (κ3) is 4.14. The van der Waals surface area contributed by atoms with Crippen LogP contribution in [0, 0.1) is 0 Å². The number of hydrogen-bond donors (Lipinski definition) is 1. The summed E-state index contributed by atoms with van der Waals surface area (Å²) in [5.41, 5.74) is 0.850. The van der Waals surface area contributed by atoms with Crippen LogP contribution in [0.4, 0.5) is 5.82 Å². The van der Waals surface area contributed by atoms with E-state index in [1.807, 2.05) is 11.4 Å². The van der Waals surface area contributed by atoms with Gasteiger partial charge in [0, 0.05) is 23.4 Å². The lowest BCUT2D eigenvalue weighted by Gasteiger charge is -2.13. The van der Waals surface area contributed by atoms with Crippen LogP contribution in [0.1, 0.15) is 44.8 Å². The van der Waals surface area contributed by atoms with Crippen LogP contribution in [0.2, 0.25) is 0 Å². The van der Waals surface area contributed by atoms with Gasteiger partial charge in [-0.25, -0.2) is 9.67 Å². The van der Waals surface area contributed by atoms with Crippen LogP contribution in [0.25, 0.3) is 0 Å². The molecule has 6 heteroatoms. The second-order valence-electron chi connectivity index (χ2n) is 6.06. The second-order valence-corrected chi connectivity index (χ2v) is 6.92. The highest BCUT2D eigenvalue weighted by molar-refractivity contribution is 7.09. The second kappa shape index (κ2) is 6.39. The number of anilines is 1. The molecule has 2 heterocycles. The van der Waals surface area contributed by atoms with E-state index in [1.54, 1.807) is 22.2 Å². The average molecular weight is 306 g/mol. The van der Waals surface area contributed by atoms with Gasteiger partial charge in [-0.1, -0.05) is 27.7 Å². The van der Waals surface area contributed by atoms with Gasteiger partial charge in [0.25, 0.3) is 0 Å². The number of nitrogens with one attached hydrogen (secondary N) is 1. The summed E-state index contributed by atoms with van der Waals surface area (Å²) in [6, 6.07) is 1.81. The van der Waals surface area contributed by atoms with E-state index < -0.39 is 0 Å². The minimum absolute atomic E-state index is 0.0269. The Morgan fingerprint density at radius 1 is 1.43 bits per heavy atom. The van der Waals surface area contributed by atoms with Crippen molar-refractivity contribution in [1.82, 2.24) is 14.8 Å². The van der Waals surface area contributed by atoms with Gasteiger partial charge in [-0.2, -0.15) is 5.10 Å². The molecule has 2 aromatic heterocycles. The van der Waals surface area contributed by atoms with Gasteiger partial charge in [0.15, 0.2) is 0 Å². The molecule has 1 amide bonds. The Labute approximate surface area is 129 Å². The van der Waals surface area contributed by atoms with Gasteiger partial charge in [0.2, 0.25) is 5.91 Å². The number of aromatic nitrogens is 3. The van der Waals surface area contributed by atoms with E-state index in [4.69, 9.17) is 0 Å². The largest absolute Gasteiger partial charge is 0.311 e. The maximum Gasteiger partial charge on any atom is 0.231 e. The van der Waals surface area contributed by atoms with E-state index in [9.17, 15) is 4.79 Å². The zero-order chi connectivity index (χ0) is 15.5. The van der Waals surface area contributed by atoms with Crippen molar-refractivity contribution in [2.45, 2.75) is 52.5 Å². The van der Waals surface area contributed by atoms with Crippen LogP contribution in [0.5, 0.6) is 0 Å². The van der Waals surface area contributed by atoms with Crippen LogP contribution in [0.15, 0.2) is 17.6 Å². The molecule has 0 atom stereocenters. The Bertz CT molecular complexity index is 609. The Balaban J connectivity index is 1.98. The predicted molar refractivity (Wildman–Crippen MR) is 85.7 cm³/mol. The summed E-state index contributed by atoms with van der Waals surface area (Å²) in [6.45, 7) is 9.25. The smallest absolute Gasteiger partial charge is 0.231 e. The molecule has 0 radical (unpaired) electrons. The summed E-state index contributed by atoms with van der Waals surface area (Å²) in [5.74, 6) is 0.687. The maximum absolute atomic E-state index is 12.1. The number of carbonyl (C=O) groups excluding carboxylic acids is 1. The number of thiazole rings is 1. The zero-order valence-electron chi connectivity index (χ0n) is 13.0. The molecule has 5 nitrogen and oxygen atoms in total. The number of nitrogens with zero attached hydrogens (tertiary/aromatic N) is 3. The molecule has 21 heavy (non-hydrogen) atoms. The zero-order valence-corrected chi connectivity index (χ0v) is 13.8. The summed E-state index contributed by atoms with van der Waals surface area (Å²) in [4.78, 5) is 16.7. The normalized spacial score (nSPS) is 11.6. The standard InChI is InChI=1S/C15H22N4OS/c1-5-8-19-12(6-7-16-19)18-13(20)9-11-10-21-14(17-11)15(2,3)4/h6-7,10H,5,8-9H2,1-4H3,(H,18,20). The summed E-state index contributed by atoms with van der Waals surface area (Å²) in [7, 11) is 0. The number of hydrogen-bond acceptors (Lipinski definition) is 4. The molecule has 1 N–H and O–H groups in total. The molecule has 0 aliphatic heterocycles. The van der Waals surface area contributed by atoms with Gasteiger partial charge in [-0.05, 0) is 6.42 Å². The molecule has 0 bridgehead atoms. The van der Waals surface area contributed by atoms with E-state index in [2.05, 4.69) is 43.1 Å². The summed E-state index contributed by atoms with van der Waals surface area (Å²) >= 11 is 1.61. The van der Waals surface area contributed by atoms with Gasteiger partial charge in [-0.3, -0.25) is 4.79 Å². The van der Waals surface area contributed by atoms with Crippen LogP contribution in [-0.2, 0) is 23.2 Å². The van der Waals surface area contributed by atoms with Crippen molar-refractivity contribution in [1.29, 1.82) is 0 Å². The third-order valence-electron chi connectivity index (χ3n) is 2.95. The minimum Gasteiger partial charge on any atom is -0.311 e. The SMILES string of the molecule is CCCn1nccc1NC(=O)Cc1csc(C(C)(C)C)n1. The van der Waals surface area contributed by atoms with E-state index in [1.165, 1.54) is 0 Å². The van der Waals surface area contributed by atoms with Gasteiger partial charge in [0.05, 0.1) is 23.3 Å². The quantitative estimate of drug-likeness (QED) is 0.922. The molecule has 2 rings (SSSR count). The number of rotatable bonds is 5. The first kappa shape index (κ1) is 15.7. The van der Waals surface area contributed by atoms with Crippen molar-refractivity contribution < 1.29 is 4.79 Å². The highest BCUT2D eigenvalue weighted by Gasteiger charge is 2.19. The summed E-state index contributed by atoms with van der Waals surface area (Å²) < 4.78 is 1.81. The molecule has 0 spiro atoms. The Morgan fingerprint density at radius 3 is 2.81 bits per heavy atom. The van der Waals surface area contributed by atoms with Crippen LogP contribution in [-0.4, -0.2) is 20.7 Å². The van der Waals surface area contributed by atoms with Gasteiger partial charge < -0.3 is 5.32 Å². The molecule has 0 aromatic carbocycles. The van der Waals surface area contributed by atoms with Gasteiger partial charge >= 0.3 is 0 Å². The highest BCUT2D eigenvalue weighted by Crippen LogP contribution is 2.25. The van der Waals surface area contributed by atoms with Crippen molar-refractivity contribution in [3.63, 3.8) is 0 Å². The summed E-state index contributed by atoms with van der Waals surface area (Å²) in [6.07, 6.45) is 2.97. The van der Waals surface area contributed by atoms with E-state index in [0.717, 1.165) is 29.5 Å². The first-order valence-electron chi connectivity index (χ1n) is 7.16. The van der Waals surface area contributed by atoms with Crippen LogP contribution in [0.3, 0.4) is 0 Å². The number of aryl methyl sites for hydroxylation is 1. The molecular formula is C15H22N4OS. The first-order chi connectivity index (χ1) is 9.90. The molecule has 0 fully saturated rings. The van der Waals surface area contributed by atoms with E-state index in [0.29, 0.717) is 6.42 Å². The van der Waals surface area contributed by atoms with Crippen molar-refractivity contribution in [3.8, 4) is 0 Å². The lowest BCUT2D eigenvalue weighted by molar-refractivity contribution is -0.115. The van der Waals surface area contributed by atoms with Crippen molar-refractivity contribution in [2.24, 2.45) is 0 Å². The average Bonchev–Trinajstić information content (AvgIpc) is 2.99. The monoisotopic (exact) mass is 306 g/mol. The molecule has 0 aliphatic rings. The predicted octanol–water partition coefficient (Wildman–Crippen LogP) is 3.23. The van der Waals surface area contributed by atoms with Gasteiger partial charge in [-0.15, -0.1) is 11.3 Å². The topological polar surface area (TPSA) is 59.8 Å². The molecule has 114 valence electrons. The van der Waals surface area contributed by atoms with Crippen LogP contribution >= 0.6 is 11.3 Å². The van der Waals surface area contributed by atoms with Crippen molar-refractivity contribution >= 4 is 23.1 Å². The Kier molecular flexibility index (Phi) is 4.77. The molecule has 2 aromatic rings. The highest BCUT2D eigenvalue weighted by atomic mass is 32.1. The van der Waals surface area contributed by atoms with Gasteiger partial charge in [0.1, 0.15) is 5.82 Å². The Morgan fingerprint density at radius 2 is 2.19 bits per heavy atom. The molecule has 0 unspecified atom stereocenters. The number of carbonyl (C=O) groups is 1. The lowest BCUT2D eigenvalue weighted by Crippen LogP contribution is -2.18. The molecule has 0 saturated heterocycles. The fraction of sp³-hybridized carbons (Fsp3) is 0.533. The molecular weight excluding hydrogens is 284 g/mol. The lowest BCUT2D eigenvalue weighted by atomic mass is 9.98. The first-order valence-corrected chi connectivity index (χ1v) is 8.04. The summed E-state index contributed by atoms with van der Waals surface area (Å²) in [5, 5.41) is 10.1. The Hall–Kier alpha value is -1.69.